The normalized spacial score (nSPS) is 18.0. The van der Waals surface area contributed by atoms with Gasteiger partial charge in [0.1, 0.15) is 0 Å². The number of carbonyl (C=O) groups is 1. The van der Waals surface area contributed by atoms with Crippen molar-refractivity contribution in [2.75, 3.05) is 47.3 Å². The first-order chi connectivity index (χ1) is 13.9. The van der Waals surface area contributed by atoms with E-state index in [-0.39, 0.29) is 29.9 Å². The van der Waals surface area contributed by atoms with Gasteiger partial charge in [0.2, 0.25) is 5.91 Å². The molecule has 1 saturated heterocycles. The van der Waals surface area contributed by atoms with E-state index in [0.717, 1.165) is 45.0 Å². The van der Waals surface area contributed by atoms with E-state index in [4.69, 9.17) is 0 Å². The molecule has 2 N–H and O–H groups in total. The van der Waals surface area contributed by atoms with Crippen molar-refractivity contribution in [3.63, 3.8) is 0 Å². The number of rotatable bonds is 10. The van der Waals surface area contributed by atoms with E-state index < -0.39 is 0 Å². The number of guanidine groups is 1. The molecule has 170 valence electrons. The van der Waals surface area contributed by atoms with Gasteiger partial charge in [-0.15, -0.1) is 24.0 Å². The Kier molecular flexibility index (Phi) is 12.3. The molecule has 0 radical (unpaired) electrons. The summed E-state index contributed by atoms with van der Waals surface area (Å²) in [6.07, 6.45) is 2.68. The Morgan fingerprint density at radius 2 is 1.93 bits per heavy atom. The molecule has 1 fully saturated rings. The first kappa shape index (κ1) is 26.7. The molecule has 1 aromatic carbocycles. The summed E-state index contributed by atoms with van der Waals surface area (Å²) in [6, 6.07) is 10.8. The van der Waals surface area contributed by atoms with Gasteiger partial charge in [-0.2, -0.15) is 0 Å². The zero-order valence-electron chi connectivity index (χ0n) is 19.2. The predicted molar refractivity (Wildman–Crippen MR) is 137 cm³/mol. The summed E-state index contributed by atoms with van der Waals surface area (Å²) in [5, 5.41) is 6.86. The average molecular weight is 530 g/mol. The van der Waals surface area contributed by atoms with Crippen LogP contribution in [0.15, 0.2) is 35.3 Å². The minimum atomic E-state index is 0. The number of amides is 1. The van der Waals surface area contributed by atoms with Crippen molar-refractivity contribution in [1.29, 1.82) is 0 Å². The fraction of sp³-hybridized carbons (Fsp3) is 0.652. The van der Waals surface area contributed by atoms with Crippen molar-refractivity contribution in [2.45, 2.75) is 39.2 Å². The van der Waals surface area contributed by atoms with E-state index in [1.807, 2.05) is 11.0 Å². The molecule has 2 rings (SSSR count). The largest absolute Gasteiger partial charge is 0.356 e. The summed E-state index contributed by atoms with van der Waals surface area (Å²) in [4.78, 5) is 21.0. The number of likely N-dealkylation sites (N-methyl/N-ethyl adjacent to an activating group) is 1. The Labute approximate surface area is 199 Å². The van der Waals surface area contributed by atoms with Crippen LogP contribution in [0.1, 0.15) is 32.3 Å². The lowest BCUT2D eigenvalue weighted by Gasteiger charge is -2.27. The number of aliphatic imine (C=N–C) groups is 1. The SMILES string of the molecule is CN=C(NCC1CC(=O)N(CCc2ccccc2)C1)NCC(CC(C)C)N(C)C.I. The number of hydrogen-bond acceptors (Lipinski definition) is 3. The van der Waals surface area contributed by atoms with Crippen LogP contribution in [0.2, 0.25) is 0 Å². The summed E-state index contributed by atoms with van der Waals surface area (Å²) in [7, 11) is 6.05. The third-order valence-electron chi connectivity index (χ3n) is 5.57. The van der Waals surface area contributed by atoms with Crippen molar-refractivity contribution in [3.05, 3.63) is 35.9 Å². The molecule has 0 bridgehead atoms. The molecule has 0 aromatic heterocycles. The maximum Gasteiger partial charge on any atom is 0.223 e. The molecule has 1 aromatic rings. The van der Waals surface area contributed by atoms with Crippen molar-refractivity contribution in [3.8, 4) is 0 Å². The summed E-state index contributed by atoms with van der Waals surface area (Å²) in [6.45, 7) is 7.76. The Balaban J connectivity index is 0.00000450. The third kappa shape index (κ3) is 9.20. The molecule has 1 aliphatic rings. The fourth-order valence-electron chi connectivity index (χ4n) is 3.81. The van der Waals surface area contributed by atoms with Crippen LogP contribution in [-0.2, 0) is 11.2 Å². The van der Waals surface area contributed by atoms with Crippen LogP contribution in [0, 0.1) is 11.8 Å². The highest BCUT2D eigenvalue weighted by molar-refractivity contribution is 14.0. The lowest BCUT2D eigenvalue weighted by atomic mass is 10.0. The Morgan fingerprint density at radius 3 is 2.53 bits per heavy atom. The van der Waals surface area contributed by atoms with E-state index in [2.05, 4.69) is 72.7 Å². The fourth-order valence-corrected chi connectivity index (χ4v) is 3.81. The van der Waals surface area contributed by atoms with E-state index in [1.165, 1.54) is 5.56 Å². The zero-order valence-corrected chi connectivity index (χ0v) is 21.6. The number of nitrogens with one attached hydrogen (secondary N) is 2. The predicted octanol–water partition coefficient (Wildman–Crippen LogP) is 2.84. The molecule has 6 nitrogen and oxygen atoms in total. The van der Waals surface area contributed by atoms with Crippen molar-refractivity contribution in [2.24, 2.45) is 16.8 Å². The standard InChI is InChI=1S/C23H39N5O.HI/c1-18(2)13-21(27(4)5)16-26-23(24-3)25-15-20-14-22(29)28(17-20)12-11-19-9-7-6-8-10-19;/h6-10,18,20-21H,11-17H2,1-5H3,(H2,24,25,26);1H. The monoisotopic (exact) mass is 529 g/mol. The maximum absolute atomic E-state index is 12.4. The summed E-state index contributed by atoms with van der Waals surface area (Å²) in [5.74, 6) is 2.07. The van der Waals surface area contributed by atoms with Gasteiger partial charge in [-0.1, -0.05) is 44.2 Å². The van der Waals surface area contributed by atoms with E-state index in [0.29, 0.717) is 24.3 Å². The minimum Gasteiger partial charge on any atom is -0.356 e. The van der Waals surface area contributed by atoms with Gasteiger partial charge in [0.15, 0.2) is 5.96 Å². The Hall–Kier alpha value is -1.35. The first-order valence-corrected chi connectivity index (χ1v) is 10.8. The van der Waals surface area contributed by atoms with Crippen LogP contribution in [0.25, 0.3) is 0 Å². The number of hydrogen-bond donors (Lipinski definition) is 2. The molecule has 1 amide bonds. The first-order valence-electron chi connectivity index (χ1n) is 10.8. The Bertz CT molecular complexity index is 650. The molecule has 1 aliphatic heterocycles. The van der Waals surface area contributed by atoms with Crippen LogP contribution in [0.4, 0.5) is 0 Å². The molecule has 1 heterocycles. The van der Waals surface area contributed by atoms with Gasteiger partial charge in [-0.05, 0) is 38.4 Å². The summed E-state index contributed by atoms with van der Waals surface area (Å²) in [5.41, 5.74) is 1.28. The lowest BCUT2D eigenvalue weighted by Crippen LogP contribution is -2.46. The molecule has 0 saturated carbocycles. The van der Waals surface area contributed by atoms with Crippen molar-refractivity contribution in [1.82, 2.24) is 20.4 Å². The Morgan fingerprint density at radius 1 is 1.23 bits per heavy atom. The molecule has 7 heteroatoms. The highest BCUT2D eigenvalue weighted by atomic mass is 127. The molecular weight excluding hydrogens is 489 g/mol. The van der Waals surface area contributed by atoms with Gasteiger partial charge < -0.3 is 20.4 Å². The number of halogens is 1. The molecule has 2 atom stereocenters. The molecule has 0 spiro atoms. The number of benzene rings is 1. The second-order valence-corrected chi connectivity index (χ2v) is 8.73. The second kappa shape index (κ2) is 13.9. The molecule has 2 unspecified atom stereocenters. The summed E-state index contributed by atoms with van der Waals surface area (Å²) < 4.78 is 0. The van der Waals surface area contributed by atoms with Gasteiger partial charge in [0.25, 0.3) is 0 Å². The molecule has 30 heavy (non-hydrogen) atoms. The summed E-state index contributed by atoms with van der Waals surface area (Å²) >= 11 is 0. The topological polar surface area (TPSA) is 60.0 Å². The zero-order chi connectivity index (χ0) is 21.2. The van der Waals surface area contributed by atoms with E-state index in [9.17, 15) is 4.79 Å². The maximum atomic E-state index is 12.4. The third-order valence-corrected chi connectivity index (χ3v) is 5.57. The van der Waals surface area contributed by atoms with Gasteiger partial charge in [-0.25, -0.2) is 0 Å². The van der Waals surface area contributed by atoms with E-state index in [1.54, 1.807) is 7.05 Å². The van der Waals surface area contributed by atoms with Gasteiger partial charge >= 0.3 is 0 Å². The van der Waals surface area contributed by atoms with Crippen molar-refractivity contribution < 1.29 is 4.79 Å². The number of likely N-dealkylation sites (tertiary alicyclic amines) is 1. The van der Waals surface area contributed by atoms with Crippen LogP contribution < -0.4 is 10.6 Å². The van der Waals surface area contributed by atoms with Crippen LogP contribution in [0.3, 0.4) is 0 Å². The van der Waals surface area contributed by atoms with Crippen LogP contribution >= 0.6 is 24.0 Å². The average Bonchev–Trinajstić information content (AvgIpc) is 3.05. The molecule has 0 aliphatic carbocycles. The second-order valence-electron chi connectivity index (χ2n) is 8.73. The smallest absolute Gasteiger partial charge is 0.223 e. The van der Waals surface area contributed by atoms with Gasteiger partial charge in [0.05, 0.1) is 0 Å². The van der Waals surface area contributed by atoms with Crippen molar-refractivity contribution >= 4 is 35.8 Å². The lowest BCUT2D eigenvalue weighted by molar-refractivity contribution is -0.127. The highest BCUT2D eigenvalue weighted by Gasteiger charge is 2.29. The highest BCUT2D eigenvalue weighted by Crippen LogP contribution is 2.17. The van der Waals surface area contributed by atoms with Crippen LogP contribution in [0.5, 0.6) is 0 Å². The number of nitrogens with zero attached hydrogens (tertiary/aromatic N) is 3. The number of carbonyl (C=O) groups excluding carboxylic acids is 1. The van der Waals surface area contributed by atoms with E-state index >= 15 is 0 Å². The minimum absolute atomic E-state index is 0. The van der Waals surface area contributed by atoms with Gasteiger partial charge in [0, 0.05) is 51.6 Å². The quantitative estimate of drug-likeness (QED) is 0.278. The molecular formula is C23H40IN5O. The van der Waals surface area contributed by atoms with Crippen LogP contribution in [-0.4, -0.2) is 75.0 Å². The van der Waals surface area contributed by atoms with Gasteiger partial charge in [-0.3, -0.25) is 9.79 Å².